The lowest BCUT2D eigenvalue weighted by atomic mass is 10.1. The Morgan fingerprint density at radius 1 is 1.17 bits per heavy atom. The Morgan fingerprint density at radius 3 is 2.30 bits per heavy atom. The molecule has 0 aliphatic heterocycles. The van der Waals surface area contributed by atoms with E-state index < -0.39 is 32.2 Å². The van der Waals surface area contributed by atoms with Crippen LogP contribution in [0.25, 0.3) is 0 Å². The van der Waals surface area contributed by atoms with Crippen LogP contribution in [0, 0.1) is 17.0 Å². The van der Waals surface area contributed by atoms with Gasteiger partial charge in [0, 0.05) is 11.6 Å². The van der Waals surface area contributed by atoms with Crippen molar-refractivity contribution in [2.24, 2.45) is 0 Å². The second-order valence-corrected chi connectivity index (χ2v) is 6.97. The van der Waals surface area contributed by atoms with Gasteiger partial charge >= 0.3 is 5.97 Å². The van der Waals surface area contributed by atoms with Gasteiger partial charge in [0.05, 0.1) is 21.1 Å². The normalized spacial score (nSPS) is 11.2. The third-order valence-corrected chi connectivity index (χ3v) is 4.94. The predicted octanol–water partition coefficient (Wildman–Crippen LogP) is 2.58. The summed E-state index contributed by atoms with van der Waals surface area (Å²) in [4.78, 5) is 21.2. The summed E-state index contributed by atoms with van der Waals surface area (Å²) in [5.74, 6) is -1.90. The highest BCUT2D eigenvalue weighted by Crippen LogP contribution is 2.25. The molecule has 7 nitrogen and oxygen atoms in total. The fraction of sp³-hybridized carbons (Fsp3) is 0.133. The first-order valence-electron chi connectivity index (χ1n) is 6.51. The Morgan fingerprint density at radius 2 is 1.78 bits per heavy atom. The number of carboxylic acids is 1. The van der Waals surface area contributed by atoms with Crippen molar-refractivity contribution in [1.82, 2.24) is 0 Å². The van der Waals surface area contributed by atoms with E-state index in [0.29, 0.717) is 0 Å². The molecule has 2 rings (SSSR count). The molecule has 0 atom stereocenters. The lowest BCUT2D eigenvalue weighted by Gasteiger charge is -2.07. The smallest absolute Gasteiger partial charge is 0.335 e. The molecule has 1 N–H and O–H groups in total. The number of aromatic carboxylic acids is 1. The van der Waals surface area contributed by atoms with Crippen LogP contribution >= 0.6 is 0 Å². The zero-order valence-corrected chi connectivity index (χ0v) is 12.9. The molecule has 0 radical (unpaired) electrons. The lowest BCUT2D eigenvalue weighted by Crippen LogP contribution is -2.08. The molecule has 8 heteroatoms. The zero-order valence-electron chi connectivity index (χ0n) is 12.1. The molecule has 2 aromatic rings. The second-order valence-electron chi connectivity index (χ2n) is 4.98. The van der Waals surface area contributed by atoms with Crippen LogP contribution in [0.4, 0.5) is 5.69 Å². The summed E-state index contributed by atoms with van der Waals surface area (Å²) in [6.07, 6.45) is 0. The number of hydrogen-bond acceptors (Lipinski definition) is 5. The quantitative estimate of drug-likeness (QED) is 0.663. The molecule has 0 heterocycles. The number of carboxylic acid groups (broad SMARTS) is 1. The van der Waals surface area contributed by atoms with E-state index in [2.05, 4.69) is 0 Å². The molecule has 0 amide bonds. The standard InChI is InChI=1S/C15H13NO6S/c1-10-2-6-13(7-3-10)23(21,22)9-12-5-4-11(15(17)18)8-14(12)16(19)20/h2-8H,9H2,1H3,(H,17,18). The first-order chi connectivity index (χ1) is 10.7. The number of rotatable bonds is 5. The Hall–Kier alpha value is -2.74. The Labute approximate surface area is 132 Å². The summed E-state index contributed by atoms with van der Waals surface area (Å²) >= 11 is 0. The van der Waals surface area contributed by atoms with E-state index in [0.717, 1.165) is 23.8 Å². The monoisotopic (exact) mass is 335 g/mol. The van der Waals surface area contributed by atoms with Gasteiger partial charge < -0.3 is 5.11 Å². The fourth-order valence-corrected chi connectivity index (χ4v) is 3.39. The van der Waals surface area contributed by atoms with Crippen LogP contribution in [0.2, 0.25) is 0 Å². The second kappa shape index (κ2) is 6.17. The van der Waals surface area contributed by atoms with Crippen LogP contribution in [0.1, 0.15) is 21.5 Å². The van der Waals surface area contributed by atoms with Gasteiger partial charge in [0.15, 0.2) is 9.84 Å². The fourth-order valence-electron chi connectivity index (χ4n) is 2.02. The highest BCUT2D eigenvalue weighted by molar-refractivity contribution is 7.90. The van der Waals surface area contributed by atoms with E-state index in [1.807, 2.05) is 6.92 Å². The van der Waals surface area contributed by atoms with Crippen LogP contribution in [0.15, 0.2) is 47.4 Å². The van der Waals surface area contributed by atoms with Crippen LogP contribution in [-0.2, 0) is 15.6 Å². The zero-order chi connectivity index (χ0) is 17.2. The van der Waals surface area contributed by atoms with E-state index >= 15 is 0 Å². The number of carbonyl (C=O) groups is 1. The largest absolute Gasteiger partial charge is 0.478 e. The maximum Gasteiger partial charge on any atom is 0.335 e. The molecular formula is C15H13NO6S. The van der Waals surface area contributed by atoms with Crippen LogP contribution in [0.3, 0.4) is 0 Å². The van der Waals surface area contributed by atoms with Gasteiger partial charge in [0.1, 0.15) is 0 Å². The van der Waals surface area contributed by atoms with E-state index in [1.165, 1.54) is 12.1 Å². The van der Waals surface area contributed by atoms with Crippen molar-refractivity contribution in [2.45, 2.75) is 17.6 Å². The topological polar surface area (TPSA) is 115 Å². The van der Waals surface area contributed by atoms with E-state index in [1.54, 1.807) is 12.1 Å². The van der Waals surface area contributed by atoms with Gasteiger partial charge in [-0.25, -0.2) is 13.2 Å². The summed E-state index contributed by atoms with van der Waals surface area (Å²) in [5, 5.41) is 20.0. The highest BCUT2D eigenvalue weighted by atomic mass is 32.2. The first-order valence-corrected chi connectivity index (χ1v) is 8.16. The summed E-state index contributed by atoms with van der Waals surface area (Å²) in [6, 6.07) is 9.30. The van der Waals surface area contributed by atoms with Gasteiger partial charge in [-0.05, 0) is 25.1 Å². The van der Waals surface area contributed by atoms with Crippen molar-refractivity contribution in [3.63, 3.8) is 0 Å². The first kappa shape index (κ1) is 16.6. The molecule has 120 valence electrons. The van der Waals surface area contributed by atoms with Gasteiger partial charge in [-0.15, -0.1) is 0 Å². The summed E-state index contributed by atoms with van der Waals surface area (Å²) in [7, 11) is -3.77. The number of nitro groups is 1. The van der Waals surface area contributed by atoms with Crippen molar-refractivity contribution in [1.29, 1.82) is 0 Å². The number of nitrogens with zero attached hydrogens (tertiary/aromatic N) is 1. The average molecular weight is 335 g/mol. The molecule has 0 unspecified atom stereocenters. The predicted molar refractivity (Wildman–Crippen MR) is 82.1 cm³/mol. The number of benzene rings is 2. The third kappa shape index (κ3) is 3.72. The number of nitro benzene ring substituents is 1. The third-order valence-electron chi connectivity index (χ3n) is 3.25. The average Bonchev–Trinajstić information content (AvgIpc) is 2.47. The van der Waals surface area contributed by atoms with Crippen molar-refractivity contribution < 1.29 is 23.2 Å². The minimum absolute atomic E-state index is 0.0550. The van der Waals surface area contributed by atoms with Crippen LogP contribution < -0.4 is 0 Å². The van der Waals surface area contributed by atoms with E-state index in [-0.39, 0.29) is 16.0 Å². The van der Waals surface area contributed by atoms with Gasteiger partial charge in [0.25, 0.3) is 5.69 Å². The summed E-state index contributed by atoms with van der Waals surface area (Å²) < 4.78 is 24.7. The molecule has 2 aromatic carbocycles. The molecule has 0 bridgehead atoms. The number of hydrogen-bond donors (Lipinski definition) is 1. The molecule has 0 spiro atoms. The Kier molecular flexibility index (Phi) is 4.46. The molecule has 23 heavy (non-hydrogen) atoms. The minimum atomic E-state index is -3.77. The highest BCUT2D eigenvalue weighted by Gasteiger charge is 2.23. The summed E-state index contributed by atoms with van der Waals surface area (Å²) in [6.45, 7) is 1.81. The molecule has 0 saturated heterocycles. The van der Waals surface area contributed by atoms with Crippen LogP contribution in [-0.4, -0.2) is 24.4 Å². The molecule has 0 saturated carbocycles. The van der Waals surface area contributed by atoms with Crippen molar-refractivity contribution in [3.8, 4) is 0 Å². The lowest BCUT2D eigenvalue weighted by molar-refractivity contribution is -0.385. The molecule has 0 aromatic heterocycles. The van der Waals surface area contributed by atoms with Crippen molar-refractivity contribution in [2.75, 3.05) is 0 Å². The number of aryl methyl sites for hydroxylation is 1. The Bertz CT molecular complexity index is 871. The number of sulfone groups is 1. The minimum Gasteiger partial charge on any atom is -0.478 e. The van der Waals surface area contributed by atoms with Gasteiger partial charge in [-0.3, -0.25) is 10.1 Å². The van der Waals surface area contributed by atoms with E-state index in [4.69, 9.17) is 5.11 Å². The SMILES string of the molecule is Cc1ccc(S(=O)(=O)Cc2ccc(C(=O)O)cc2[N+](=O)[O-])cc1. The van der Waals surface area contributed by atoms with Crippen molar-refractivity contribution >= 4 is 21.5 Å². The molecule has 0 aliphatic carbocycles. The Balaban J connectivity index is 2.44. The van der Waals surface area contributed by atoms with Gasteiger partial charge in [-0.1, -0.05) is 23.8 Å². The molecular weight excluding hydrogens is 322 g/mol. The van der Waals surface area contributed by atoms with Crippen molar-refractivity contribution in [3.05, 3.63) is 69.3 Å². The van der Waals surface area contributed by atoms with Crippen LogP contribution in [0.5, 0.6) is 0 Å². The maximum absolute atomic E-state index is 12.4. The van der Waals surface area contributed by atoms with E-state index in [9.17, 15) is 23.3 Å². The van der Waals surface area contributed by atoms with Gasteiger partial charge in [0.2, 0.25) is 0 Å². The maximum atomic E-state index is 12.4. The molecule has 0 fully saturated rings. The summed E-state index contributed by atoms with van der Waals surface area (Å²) in [5.41, 5.74) is 0.0371. The molecule has 0 aliphatic rings. The van der Waals surface area contributed by atoms with Gasteiger partial charge in [-0.2, -0.15) is 0 Å².